The molecule has 0 bridgehead atoms. The second-order valence-electron chi connectivity index (χ2n) is 5.77. The summed E-state index contributed by atoms with van der Waals surface area (Å²) in [6.07, 6.45) is 5.92. The summed E-state index contributed by atoms with van der Waals surface area (Å²) >= 11 is 0. The fourth-order valence-corrected chi connectivity index (χ4v) is 2.52. The van der Waals surface area contributed by atoms with Crippen molar-refractivity contribution in [1.82, 2.24) is 20.3 Å². The van der Waals surface area contributed by atoms with Gasteiger partial charge < -0.3 is 10.1 Å². The van der Waals surface area contributed by atoms with Gasteiger partial charge in [0, 0.05) is 25.0 Å². The van der Waals surface area contributed by atoms with E-state index in [0.717, 1.165) is 6.42 Å². The molecule has 2 N–H and O–H groups in total. The summed E-state index contributed by atoms with van der Waals surface area (Å²) < 4.78 is 5.14. The van der Waals surface area contributed by atoms with Crippen molar-refractivity contribution in [2.24, 2.45) is 0 Å². The Labute approximate surface area is 158 Å². The highest BCUT2D eigenvalue weighted by Gasteiger charge is 2.08. The molecule has 0 radical (unpaired) electrons. The topological polar surface area (TPSA) is 83.8 Å². The Morgan fingerprint density at radius 1 is 1.04 bits per heavy atom. The SMILES string of the molecule is COc1cccc(C(=N)/C=C(\NCCc2ccccc2)c2ncccn2)n1. The third-order valence-electron chi connectivity index (χ3n) is 3.88. The molecule has 0 atom stereocenters. The highest BCUT2D eigenvalue weighted by Crippen LogP contribution is 2.11. The summed E-state index contributed by atoms with van der Waals surface area (Å²) in [6.45, 7) is 0.701. The van der Waals surface area contributed by atoms with Gasteiger partial charge in [0.05, 0.1) is 24.2 Å². The molecule has 0 spiro atoms. The average Bonchev–Trinajstić information content (AvgIpc) is 2.74. The molecule has 0 saturated heterocycles. The number of nitrogens with zero attached hydrogens (tertiary/aromatic N) is 3. The highest BCUT2D eigenvalue weighted by molar-refractivity contribution is 6.08. The molecule has 6 nitrogen and oxygen atoms in total. The van der Waals surface area contributed by atoms with Crippen molar-refractivity contribution in [3.05, 3.63) is 90.1 Å². The van der Waals surface area contributed by atoms with Gasteiger partial charge >= 0.3 is 0 Å². The quantitative estimate of drug-likeness (QED) is 0.604. The van der Waals surface area contributed by atoms with Crippen LogP contribution < -0.4 is 10.1 Å². The summed E-state index contributed by atoms with van der Waals surface area (Å²) in [5.74, 6) is 1.01. The summed E-state index contributed by atoms with van der Waals surface area (Å²) in [4.78, 5) is 12.9. The molecule has 27 heavy (non-hydrogen) atoms. The van der Waals surface area contributed by atoms with Gasteiger partial charge in [-0.25, -0.2) is 15.0 Å². The smallest absolute Gasteiger partial charge is 0.213 e. The molecule has 3 rings (SSSR count). The van der Waals surface area contributed by atoms with Crippen LogP contribution in [-0.4, -0.2) is 34.3 Å². The molecule has 3 aromatic rings. The van der Waals surface area contributed by atoms with Crippen LogP contribution in [-0.2, 0) is 6.42 Å². The Kier molecular flexibility index (Phi) is 6.25. The van der Waals surface area contributed by atoms with Gasteiger partial charge in [0.15, 0.2) is 5.82 Å². The molecule has 2 heterocycles. The Balaban J connectivity index is 1.78. The van der Waals surface area contributed by atoms with Gasteiger partial charge in [0.1, 0.15) is 0 Å². The van der Waals surface area contributed by atoms with Crippen molar-refractivity contribution < 1.29 is 4.74 Å². The zero-order chi connectivity index (χ0) is 18.9. The van der Waals surface area contributed by atoms with E-state index in [0.29, 0.717) is 29.6 Å². The number of methoxy groups -OCH3 is 1. The van der Waals surface area contributed by atoms with Gasteiger partial charge in [-0.05, 0) is 30.2 Å². The highest BCUT2D eigenvalue weighted by atomic mass is 16.5. The minimum Gasteiger partial charge on any atom is -0.481 e. The maximum Gasteiger partial charge on any atom is 0.213 e. The number of rotatable bonds is 8. The molecule has 0 fully saturated rings. The maximum absolute atomic E-state index is 8.39. The molecule has 2 aromatic heterocycles. The third-order valence-corrected chi connectivity index (χ3v) is 3.88. The first-order chi connectivity index (χ1) is 13.3. The van der Waals surface area contributed by atoms with E-state index in [1.807, 2.05) is 24.3 Å². The maximum atomic E-state index is 8.39. The van der Waals surface area contributed by atoms with Crippen molar-refractivity contribution in [1.29, 1.82) is 5.41 Å². The Morgan fingerprint density at radius 3 is 2.56 bits per heavy atom. The van der Waals surface area contributed by atoms with Crippen molar-refractivity contribution in [2.45, 2.75) is 6.42 Å². The van der Waals surface area contributed by atoms with Crippen molar-refractivity contribution in [3.8, 4) is 5.88 Å². The molecule has 136 valence electrons. The van der Waals surface area contributed by atoms with Crippen molar-refractivity contribution in [2.75, 3.05) is 13.7 Å². The van der Waals surface area contributed by atoms with Gasteiger partial charge in [0.25, 0.3) is 0 Å². The molecule has 0 saturated carbocycles. The molecule has 0 aliphatic heterocycles. The van der Waals surface area contributed by atoms with Crippen molar-refractivity contribution >= 4 is 11.4 Å². The second kappa shape index (κ2) is 9.24. The number of hydrogen-bond acceptors (Lipinski definition) is 6. The fourth-order valence-electron chi connectivity index (χ4n) is 2.52. The van der Waals surface area contributed by atoms with Crippen LogP contribution >= 0.6 is 0 Å². The van der Waals surface area contributed by atoms with Crippen LogP contribution in [0.1, 0.15) is 17.1 Å². The van der Waals surface area contributed by atoms with Crippen LogP contribution in [0.2, 0.25) is 0 Å². The van der Waals surface area contributed by atoms with E-state index in [4.69, 9.17) is 10.1 Å². The molecule has 6 heteroatoms. The number of hydrogen-bond donors (Lipinski definition) is 2. The van der Waals surface area contributed by atoms with Crippen LogP contribution in [0.4, 0.5) is 0 Å². The number of nitrogens with one attached hydrogen (secondary N) is 2. The third kappa shape index (κ3) is 5.22. The Morgan fingerprint density at radius 2 is 1.81 bits per heavy atom. The number of pyridine rings is 1. The summed E-state index contributed by atoms with van der Waals surface area (Å²) in [5, 5.41) is 11.7. The molecule has 0 unspecified atom stereocenters. The monoisotopic (exact) mass is 359 g/mol. The van der Waals surface area contributed by atoms with E-state index in [9.17, 15) is 0 Å². The van der Waals surface area contributed by atoms with E-state index in [2.05, 4.69) is 32.4 Å². The van der Waals surface area contributed by atoms with Crippen LogP contribution in [0, 0.1) is 5.41 Å². The van der Waals surface area contributed by atoms with Crippen LogP contribution in [0.15, 0.2) is 73.1 Å². The van der Waals surface area contributed by atoms with E-state index < -0.39 is 0 Å². The molecular weight excluding hydrogens is 338 g/mol. The van der Waals surface area contributed by atoms with Crippen LogP contribution in [0.5, 0.6) is 5.88 Å². The summed E-state index contributed by atoms with van der Waals surface area (Å²) in [5.41, 5.74) is 2.69. The summed E-state index contributed by atoms with van der Waals surface area (Å²) in [6, 6.07) is 17.3. The van der Waals surface area contributed by atoms with Gasteiger partial charge in [-0.15, -0.1) is 0 Å². The van der Waals surface area contributed by atoms with Gasteiger partial charge in [0.2, 0.25) is 5.88 Å². The predicted octanol–water partition coefficient (Wildman–Crippen LogP) is 3.12. The number of benzene rings is 1. The summed E-state index contributed by atoms with van der Waals surface area (Å²) in [7, 11) is 1.56. The minimum atomic E-state index is 0.253. The van der Waals surface area contributed by atoms with Gasteiger partial charge in [-0.3, -0.25) is 5.41 Å². The number of aromatic nitrogens is 3. The minimum absolute atomic E-state index is 0.253. The lowest BCUT2D eigenvalue weighted by Gasteiger charge is -2.11. The van der Waals surface area contributed by atoms with Gasteiger partial charge in [-0.2, -0.15) is 0 Å². The molecule has 1 aromatic carbocycles. The first-order valence-electron chi connectivity index (χ1n) is 8.63. The largest absolute Gasteiger partial charge is 0.481 e. The average molecular weight is 359 g/mol. The molecule has 0 amide bonds. The first-order valence-corrected chi connectivity index (χ1v) is 8.63. The zero-order valence-corrected chi connectivity index (χ0v) is 15.1. The first kappa shape index (κ1) is 18.3. The molecule has 0 aliphatic carbocycles. The standard InChI is InChI=1S/C21H21N5O/c1-27-20-10-5-9-18(26-20)17(22)15-19(21-24-12-6-13-25-21)23-14-11-16-7-3-2-4-8-16/h2-10,12-13,15,22-23H,11,14H2,1H3/b19-15-,22-17?. The van der Waals surface area contributed by atoms with Crippen molar-refractivity contribution in [3.63, 3.8) is 0 Å². The van der Waals surface area contributed by atoms with E-state index in [-0.39, 0.29) is 5.71 Å². The Bertz CT molecular complexity index is 910. The fraction of sp³-hybridized carbons (Fsp3) is 0.143. The molecule has 0 aliphatic rings. The second-order valence-corrected chi connectivity index (χ2v) is 5.77. The van der Waals surface area contributed by atoms with Crippen LogP contribution in [0.25, 0.3) is 5.70 Å². The van der Waals surface area contributed by atoms with Crippen LogP contribution in [0.3, 0.4) is 0 Å². The predicted molar refractivity (Wildman–Crippen MR) is 106 cm³/mol. The lowest BCUT2D eigenvalue weighted by molar-refractivity contribution is 0.397. The Hall–Kier alpha value is -3.54. The zero-order valence-electron chi connectivity index (χ0n) is 15.1. The number of ether oxygens (including phenoxy) is 1. The lowest BCUT2D eigenvalue weighted by Crippen LogP contribution is -2.19. The van der Waals surface area contributed by atoms with E-state index in [1.165, 1.54) is 5.56 Å². The van der Waals surface area contributed by atoms with Gasteiger partial charge in [-0.1, -0.05) is 36.4 Å². The molecular formula is C21H21N5O. The number of allylic oxidation sites excluding steroid dienone is 1. The van der Waals surface area contributed by atoms with E-state index >= 15 is 0 Å². The lowest BCUT2D eigenvalue weighted by atomic mass is 10.1. The van der Waals surface area contributed by atoms with E-state index in [1.54, 1.807) is 43.8 Å². The normalized spacial score (nSPS) is 11.1.